The minimum Gasteiger partial charge on any atom is -0.323 e. The Hall–Kier alpha value is -4.98. The zero-order chi connectivity index (χ0) is 24.7. The third-order valence-corrected chi connectivity index (χ3v) is 5.54. The molecule has 5 aromatic rings. The van der Waals surface area contributed by atoms with Crippen molar-refractivity contribution in [2.24, 2.45) is 0 Å². The third-order valence-electron chi connectivity index (χ3n) is 5.54. The summed E-state index contributed by atoms with van der Waals surface area (Å²) in [5.41, 5.74) is 4.46. The van der Waals surface area contributed by atoms with Gasteiger partial charge in [0.25, 0.3) is 5.91 Å². The van der Waals surface area contributed by atoms with Crippen LogP contribution in [0.15, 0.2) is 110 Å². The van der Waals surface area contributed by atoms with Crippen LogP contribution in [0.25, 0.3) is 5.69 Å². The van der Waals surface area contributed by atoms with Gasteiger partial charge in [-0.3, -0.25) is 14.3 Å². The summed E-state index contributed by atoms with van der Waals surface area (Å²) in [6.07, 6.45) is 7.22. The van der Waals surface area contributed by atoms with Crippen molar-refractivity contribution in [1.82, 2.24) is 19.6 Å². The van der Waals surface area contributed by atoms with Gasteiger partial charge in [0.15, 0.2) is 0 Å². The lowest BCUT2D eigenvalue weighted by Crippen LogP contribution is -2.14. The maximum absolute atomic E-state index is 12.9. The van der Waals surface area contributed by atoms with E-state index in [1.54, 1.807) is 41.5 Å². The van der Waals surface area contributed by atoms with E-state index in [9.17, 15) is 9.59 Å². The monoisotopic (exact) mass is 476 g/mol. The van der Waals surface area contributed by atoms with Crippen LogP contribution in [0.5, 0.6) is 0 Å². The van der Waals surface area contributed by atoms with Crippen LogP contribution in [0.3, 0.4) is 0 Å². The van der Waals surface area contributed by atoms with E-state index in [4.69, 9.17) is 0 Å². The van der Waals surface area contributed by atoms with Gasteiger partial charge in [-0.2, -0.15) is 10.2 Å². The molecule has 0 spiro atoms. The largest absolute Gasteiger partial charge is 0.323 e. The van der Waals surface area contributed by atoms with Crippen LogP contribution < -0.4 is 10.6 Å². The molecule has 5 rings (SSSR count). The quantitative estimate of drug-likeness (QED) is 0.344. The molecule has 0 aliphatic heterocycles. The van der Waals surface area contributed by atoms with Gasteiger partial charge < -0.3 is 10.6 Å². The highest BCUT2D eigenvalue weighted by Gasteiger charge is 2.10. The van der Waals surface area contributed by atoms with Gasteiger partial charge in [-0.05, 0) is 47.5 Å². The minimum absolute atomic E-state index is 0.122. The van der Waals surface area contributed by atoms with Gasteiger partial charge in [-0.1, -0.05) is 48.5 Å². The molecule has 36 heavy (non-hydrogen) atoms. The Morgan fingerprint density at radius 3 is 2.44 bits per heavy atom. The van der Waals surface area contributed by atoms with Crippen LogP contribution in [-0.2, 0) is 17.8 Å². The highest BCUT2D eigenvalue weighted by Crippen LogP contribution is 2.17. The lowest BCUT2D eigenvalue weighted by molar-refractivity contribution is -0.115. The van der Waals surface area contributed by atoms with Crippen LogP contribution in [0.2, 0.25) is 0 Å². The lowest BCUT2D eigenvalue weighted by atomic mass is 10.1. The van der Waals surface area contributed by atoms with Crippen LogP contribution in [0.4, 0.5) is 11.4 Å². The number of anilines is 2. The average Bonchev–Trinajstić information content (AvgIpc) is 3.57. The summed E-state index contributed by atoms with van der Waals surface area (Å²) in [5.74, 6) is -0.347. The molecule has 0 aliphatic carbocycles. The first kappa shape index (κ1) is 22.8. The molecule has 0 radical (unpaired) electrons. The highest BCUT2D eigenvalue weighted by molar-refractivity contribution is 6.04. The van der Waals surface area contributed by atoms with E-state index >= 15 is 0 Å². The molecular formula is C28H24N6O2. The first-order valence-electron chi connectivity index (χ1n) is 11.5. The van der Waals surface area contributed by atoms with Gasteiger partial charge in [-0.15, -0.1) is 0 Å². The number of carbonyl (C=O) groups excluding carboxylic acids is 2. The summed E-state index contributed by atoms with van der Waals surface area (Å²) in [6, 6.07) is 26.3. The number of amides is 2. The Kier molecular flexibility index (Phi) is 6.66. The number of nitrogens with one attached hydrogen (secondary N) is 2. The van der Waals surface area contributed by atoms with Crippen molar-refractivity contribution in [3.63, 3.8) is 0 Å². The van der Waals surface area contributed by atoms with Gasteiger partial charge in [-0.25, -0.2) is 4.68 Å². The fourth-order valence-corrected chi connectivity index (χ4v) is 3.84. The van der Waals surface area contributed by atoms with Crippen molar-refractivity contribution in [1.29, 1.82) is 0 Å². The molecule has 0 unspecified atom stereocenters. The first-order valence-corrected chi connectivity index (χ1v) is 11.5. The molecule has 0 atom stereocenters. The number of rotatable bonds is 8. The summed E-state index contributed by atoms with van der Waals surface area (Å²) >= 11 is 0. The fraction of sp³-hybridized carbons (Fsp3) is 0.0714. The molecule has 8 nitrogen and oxygen atoms in total. The van der Waals surface area contributed by atoms with E-state index in [-0.39, 0.29) is 18.2 Å². The molecule has 0 saturated carbocycles. The Bertz CT molecular complexity index is 1470. The Balaban J connectivity index is 1.24. The number of carbonyl (C=O) groups is 2. The molecule has 3 aromatic carbocycles. The van der Waals surface area contributed by atoms with Gasteiger partial charge in [0.05, 0.1) is 36.7 Å². The molecule has 2 N–H and O–H groups in total. The van der Waals surface area contributed by atoms with Crippen molar-refractivity contribution < 1.29 is 9.59 Å². The Morgan fingerprint density at radius 1 is 0.778 bits per heavy atom. The fourth-order valence-electron chi connectivity index (χ4n) is 3.84. The molecule has 0 fully saturated rings. The van der Waals surface area contributed by atoms with E-state index in [1.807, 2.05) is 77.6 Å². The normalized spacial score (nSPS) is 10.7. The number of benzene rings is 3. The van der Waals surface area contributed by atoms with Crippen molar-refractivity contribution in [2.75, 3.05) is 10.6 Å². The maximum Gasteiger partial charge on any atom is 0.255 e. The first-order chi connectivity index (χ1) is 17.6. The number of hydrogen-bond donors (Lipinski definition) is 2. The SMILES string of the molecule is O=C(Cc1ccccc1)Nc1cnn(-c2cccc(C(=O)Nc3cccc(Cn4cccn4)c3)c2)c1. The van der Waals surface area contributed by atoms with Gasteiger partial charge in [0, 0.05) is 23.6 Å². The summed E-state index contributed by atoms with van der Waals surface area (Å²) in [6.45, 7) is 0.621. The molecule has 178 valence electrons. The number of nitrogens with zero attached hydrogens (tertiary/aromatic N) is 4. The highest BCUT2D eigenvalue weighted by atomic mass is 16.2. The van der Waals surface area contributed by atoms with E-state index in [2.05, 4.69) is 20.8 Å². The van der Waals surface area contributed by atoms with E-state index in [0.29, 0.717) is 29.2 Å². The topological polar surface area (TPSA) is 93.8 Å². The molecule has 2 heterocycles. The van der Waals surface area contributed by atoms with E-state index in [0.717, 1.165) is 11.1 Å². The number of hydrogen-bond acceptors (Lipinski definition) is 4. The molecule has 2 amide bonds. The summed E-state index contributed by atoms with van der Waals surface area (Å²) in [4.78, 5) is 25.3. The van der Waals surface area contributed by atoms with Gasteiger partial charge >= 0.3 is 0 Å². The molecule has 0 aliphatic rings. The van der Waals surface area contributed by atoms with E-state index < -0.39 is 0 Å². The number of aromatic nitrogens is 4. The second kappa shape index (κ2) is 10.5. The third kappa shape index (κ3) is 5.74. The predicted molar refractivity (Wildman–Crippen MR) is 138 cm³/mol. The van der Waals surface area contributed by atoms with Crippen molar-refractivity contribution in [2.45, 2.75) is 13.0 Å². The zero-order valence-corrected chi connectivity index (χ0v) is 19.4. The van der Waals surface area contributed by atoms with Crippen LogP contribution >= 0.6 is 0 Å². The van der Waals surface area contributed by atoms with Crippen LogP contribution in [-0.4, -0.2) is 31.4 Å². The van der Waals surface area contributed by atoms with Crippen molar-refractivity contribution in [3.05, 3.63) is 126 Å². The minimum atomic E-state index is -0.225. The molecule has 2 aromatic heterocycles. The van der Waals surface area contributed by atoms with Crippen LogP contribution in [0, 0.1) is 0 Å². The zero-order valence-electron chi connectivity index (χ0n) is 19.4. The van der Waals surface area contributed by atoms with Gasteiger partial charge in [0.1, 0.15) is 0 Å². The maximum atomic E-state index is 12.9. The molecular weight excluding hydrogens is 452 g/mol. The standard InChI is InChI=1S/C28H24N6O2/c35-27(16-21-7-2-1-3-8-21)31-25-18-30-34(20-25)26-12-5-10-23(17-26)28(36)32-24-11-4-9-22(15-24)19-33-14-6-13-29-33/h1-15,17-18,20H,16,19H2,(H,31,35)(H,32,36). The summed E-state index contributed by atoms with van der Waals surface area (Å²) in [7, 11) is 0. The second-order valence-electron chi connectivity index (χ2n) is 8.29. The lowest BCUT2D eigenvalue weighted by Gasteiger charge is -2.09. The van der Waals surface area contributed by atoms with Crippen molar-refractivity contribution >= 4 is 23.2 Å². The molecule has 0 bridgehead atoms. The molecule has 8 heteroatoms. The van der Waals surface area contributed by atoms with E-state index in [1.165, 1.54) is 0 Å². The Labute approximate surface area is 208 Å². The smallest absolute Gasteiger partial charge is 0.255 e. The second-order valence-corrected chi connectivity index (χ2v) is 8.29. The summed E-state index contributed by atoms with van der Waals surface area (Å²) in [5, 5.41) is 14.4. The van der Waals surface area contributed by atoms with Crippen LogP contribution in [0.1, 0.15) is 21.5 Å². The predicted octanol–water partition coefficient (Wildman–Crippen LogP) is 4.55. The van der Waals surface area contributed by atoms with Crippen molar-refractivity contribution in [3.8, 4) is 5.69 Å². The average molecular weight is 477 g/mol. The van der Waals surface area contributed by atoms with Gasteiger partial charge in [0.2, 0.25) is 5.91 Å². The summed E-state index contributed by atoms with van der Waals surface area (Å²) < 4.78 is 3.45. The molecule has 0 saturated heterocycles. The Morgan fingerprint density at radius 2 is 1.61 bits per heavy atom.